The van der Waals surface area contributed by atoms with E-state index in [9.17, 15) is 25.3 Å². The SMILES string of the molecule is O=S(=O)(c1ccccc1)n1cc(-c2cncc(-c3c4nc(c(-c5cncc(-c6cn(S(=O)(=O)c7ccccc7)c7ccccc67)c5)c5ccc([nH]5)c(-c5ccc6ccc7cccc8ccc5c6c78)c5nc(c(-c6cncc(-c7cn(S(=O)(=O)c8ccccc8)c8ccccc78)c6)c6ccc3[nH]6)C=C5)C=C4)c2)c2ccccc21. The van der Waals surface area contributed by atoms with Crippen molar-refractivity contribution in [3.63, 3.8) is 0 Å². The first-order chi connectivity index (χ1) is 54.8. The topological polar surface area (TPSA) is 213 Å². The van der Waals surface area contributed by atoms with Crippen molar-refractivity contribution in [3.8, 4) is 77.9 Å². The number of nitrogens with zero attached hydrogens (tertiary/aromatic N) is 8. The molecule has 0 atom stereocenters. The Labute approximate surface area is 641 Å². The highest BCUT2D eigenvalue weighted by molar-refractivity contribution is 7.90. The molecule has 9 aromatic heterocycles. The van der Waals surface area contributed by atoms with E-state index in [2.05, 4.69) is 82.8 Å². The molecule has 10 aromatic carbocycles. The highest BCUT2D eigenvalue weighted by Gasteiger charge is 2.29. The van der Waals surface area contributed by atoms with Crippen molar-refractivity contribution in [1.29, 1.82) is 0 Å². The van der Waals surface area contributed by atoms with E-state index in [0.717, 1.165) is 49.0 Å². The molecule has 21 rings (SSSR count). The minimum atomic E-state index is -4.08. The summed E-state index contributed by atoms with van der Waals surface area (Å²) in [5.41, 5.74) is 16.2. The van der Waals surface area contributed by atoms with Gasteiger partial charge in [0.25, 0.3) is 30.1 Å². The smallest absolute Gasteiger partial charge is 0.268 e. The molecule has 2 aliphatic heterocycles. The van der Waals surface area contributed by atoms with Gasteiger partial charge in [-0.3, -0.25) is 15.0 Å². The summed E-state index contributed by atoms with van der Waals surface area (Å²) in [4.78, 5) is 34.7. The third-order valence-corrected chi connectivity index (χ3v) is 26.6. The van der Waals surface area contributed by atoms with Gasteiger partial charge in [0, 0.05) is 166 Å². The fourth-order valence-corrected chi connectivity index (χ4v) is 20.6. The van der Waals surface area contributed by atoms with Crippen molar-refractivity contribution >= 4 is 141 Å². The van der Waals surface area contributed by atoms with Crippen LogP contribution in [-0.4, -0.2) is 72.1 Å². The highest BCUT2D eigenvalue weighted by Crippen LogP contribution is 2.46. The van der Waals surface area contributed by atoms with Gasteiger partial charge >= 0.3 is 0 Å². The second-order valence-electron chi connectivity index (χ2n) is 27.9. The van der Waals surface area contributed by atoms with Crippen molar-refractivity contribution in [1.82, 2.24) is 46.8 Å². The molecular weight excluding hydrogens is 1450 g/mol. The van der Waals surface area contributed by atoms with E-state index in [-0.39, 0.29) is 14.7 Å². The predicted octanol–water partition coefficient (Wildman–Crippen LogP) is 21.0. The van der Waals surface area contributed by atoms with E-state index >= 15 is 0 Å². The maximum atomic E-state index is 14.7. The van der Waals surface area contributed by atoms with Gasteiger partial charge in [0.05, 0.1) is 54.0 Å². The van der Waals surface area contributed by atoms with E-state index in [1.54, 1.807) is 153 Å². The molecule has 2 aliphatic rings. The monoisotopic (exact) mass is 1510 g/mol. The largest absolute Gasteiger partial charge is 0.354 e. The number of benzene rings is 10. The van der Waals surface area contributed by atoms with E-state index in [4.69, 9.17) is 24.9 Å². The predicted molar refractivity (Wildman–Crippen MR) is 448 cm³/mol. The van der Waals surface area contributed by atoms with Gasteiger partial charge in [-0.25, -0.2) is 47.1 Å². The second kappa shape index (κ2) is 25.4. The zero-order chi connectivity index (χ0) is 75.1. The number of hydrogen-bond acceptors (Lipinski definition) is 11. The first-order valence-corrected chi connectivity index (χ1v) is 40.5. The molecule has 0 radical (unpaired) electrons. The molecule has 0 spiro atoms. The van der Waals surface area contributed by atoms with Crippen molar-refractivity contribution in [2.45, 2.75) is 14.7 Å². The van der Waals surface area contributed by atoms with Crippen LogP contribution in [0.25, 0.3) is 189 Å². The van der Waals surface area contributed by atoms with Gasteiger partial charge in [0.2, 0.25) is 0 Å². The molecule has 2 N–H and O–H groups in total. The summed E-state index contributed by atoms with van der Waals surface area (Å²) in [6.07, 6.45) is 23.7. The van der Waals surface area contributed by atoms with Gasteiger partial charge in [-0.15, -0.1) is 0 Å². The van der Waals surface area contributed by atoms with Gasteiger partial charge in [0.1, 0.15) is 0 Å². The van der Waals surface area contributed by atoms with Crippen molar-refractivity contribution in [2.24, 2.45) is 0 Å². The minimum absolute atomic E-state index is 0.142. The van der Waals surface area contributed by atoms with E-state index in [0.29, 0.717) is 139 Å². The Morgan fingerprint density at radius 3 is 0.955 bits per heavy atom. The van der Waals surface area contributed by atoms with Gasteiger partial charge < -0.3 is 9.97 Å². The second-order valence-corrected chi connectivity index (χ2v) is 33.3. The number of aromatic nitrogens is 10. The maximum absolute atomic E-state index is 14.7. The molecule has 19 aromatic rings. The van der Waals surface area contributed by atoms with Crippen LogP contribution in [0.2, 0.25) is 0 Å². The van der Waals surface area contributed by atoms with Crippen LogP contribution < -0.4 is 0 Å². The summed E-state index contributed by atoms with van der Waals surface area (Å²) < 4.78 is 92.0. The van der Waals surface area contributed by atoms with Crippen LogP contribution in [0.3, 0.4) is 0 Å². The normalized spacial score (nSPS) is 12.6. The first kappa shape index (κ1) is 66.0. The Balaban J connectivity index is 0.844. The van der Waals surface area contributed by atoms with Crippen molar-refractivity contribution in [2.75, 3.05) is 0 Å². The summed E-state index contributed by atoms with van der Waals surface area (Å²) in [6.45, 7) is 0. The average molecular weight is 1510 g/mol. The molecule has 16 nitrogen and oxygen atoms in total. The molecule has 0 unspecified atom stereocenters. The van der Waals surface area contributed by atoms with Gasteiger partial charge in [0.15, 0.2) is 0 Å². The Morgan fingerprint density at radius 2 is 0.571 bits per heavy atom. The van der Waals surface area contributed by atoms with Crippen LogP contribution >= 0.6 is 0 Å². The number of para-hydroxylation sites is 3. The lowest BCUT2D eigenvalue weighted by atomic mass is 9.89. The zero-order valence-corrected chi connectivity index (χ0v) is 61.5. The fourth-order valence-electron chi connectivity index (χ4n) is 16.4. The molecule has 19 heteroatoms. The average Bonchev–Trinajstić information content (AvgIpc) is 1.04. The lowest BCUT2D eigenvalue weighted by Crippen LogP contribution is -2.11. The van der Waals surface area contributed by atoms with Crippen LogP contribution in [0.1, 0.15) is 22.8 Å². The highest BCUT2D eigenvalue weighted by atomic mass is 32.2. The van der Waals surface area contributed by atoms with Crippen LogP contribution in [0.5, 0.6) is 0 Å². The van der Waals surface area contributed by atoms with Crippen LogP contribution in [0, 0.1) is 0 Å². The fraction of sp³-hybridized carbons (Fsp3) is 0. The number of rotatable bonds is 13. The van der Waals surface area contributed by atoms with Crippen molar-refractivity contribution < 1.29 is 25.3 Å². The maximum Gasteiger partial charge on any atom is 0.268 e. The Kier molecular flexibility index (Phi) is 15.0. The Hall–Kier alpha value is -14.2. The number of aromatic amines is 2. The third-order valence-electron chi connectivity index (χ3n) is 21.5. The molecular formula is C93H58N10O6S3. The van der Waals surface area contributed by atoms with E-state index in [1.807, 2.05) is 115 Å². The molecule has 0 saturated carbocycles. The van der Waals surface area contributed by atoms with E-state index < -0.39 is 30.1 Å². The summed E-state index contributed by atoms with van der Waals surface area (Å²) in [7, 11) is -12.2. The summed E-state index contributed by atoms with van der Waals surface area (Å²) in [6, 6.07) is 81.3. The lowest BCUT2D eigenvalue weighted by molar-refractivity contribution is 0.587. The first-order valence-electron chi connectivity index (χ1n) is 36.2. The molecule has 8 bridgehead atoms. The molecule has 0 aliphatic carbocycles. The van der Waals surface area contributed by atoms with Gasteiger partial charge in [-0.05, 0) is 159 Å². The van der Waals surface area contributed by atoms with E-state index in [1.165, 1.54) is 11.9 Å². The summed E-state index contributed by atoms with van der Waals surface area (Å²) in [5.74, 6) is 0. The summed E-state index contributed by atoms with van der Waals surface area (Å²) in [5, 5.41) is 8.76. The minimum Gasteiger partial charge on any atom is -0.354 e. The molecule has 11 heterocycles. The molecule has 0 saturated heterocycles. The van der Waals surface area contributed by atoms with Gasteiger partial charge in [-0.2, -0.15) is 0 Å². The number of H-pyrrole nitrogens is 2. The Bertz CT molecular complexity index is 7610. The number of pyridine rings is 3. The van der Waals surface area contributed by atoms with Crippen LogP contribution in [0.15, 0.2) is 331 Å². The lowest BCUT2D eigenvalue weighted by Gasteiger charge is -2.15. The van der Waals surface area contributed by atoms with Gasteiger partial charge in [-0.1, -0.05) is 164 Å². The van der Waals surface area contributed by atoms with Crippen molar-refractivity contribution in [3.05, 3.63) is 339 Å². The zero-order valence-electron chi connectivity index (χ0n) is 59.1. The number of nitrogens with one attached hydrogen (secondary N) is 2. The standard InChI is InChI=1S/C93H58N10O6S3/c104-110(105,66-19-4-1-5-20-66)101-54-74(69-25-10-13-28-85(69)101)60-45-63(51-94-48-60)90-77-37-39-79(97-77)91(64-46-61(49-95-52-64)75-55-102(86-29-14-11-26-70(75)86)111(106,107)67-21-6-2-7-22-67)81-41-43-83(99-81)93(73-36-34-59-32-31-57-17-16-18-58-33-35-72(73)89(59)88(57)58)84-44-42-82(100-84)92(80-40-38-78(90)98-80)65-47-62(50-96-53-65)76-56-103(87-30-15-12-27-71(76)87)112(108,109)68-23-8-3-9-24-68/h1-56,97,100H. The summed E-state index contributed by atoms with van der Waals surface area (Å²) >= 11 is 0. The number of hydrogen-bond donors (Lipinski definition) is 2. The quantitative estimate of drug-likeness (QED) is 0.104. The van der Waals surface area contributed by atoms with Crippen LogP contribution in [0.4, 0.5) is 0 Å². The third kappa shape index (κ3) is 10.5. The molecule has 0 amide bonds. The molecule has 0 fully saturated rings. The molecule has 112 heavy (non-hydrogen) atoms. The van der Waals surface area contributed by atoms with Crippen LogP contribution in [-0.2, 0) is 30.1 Å². The number of fused-ring (bicyclic) bond motifs is 11. The molecule has 534 valence electrons. The Morgan fingerprint density at radius 1 is 0.259 bits per heavy atom.